The molecule has 3 nitrogen and oxygen atoms in total. The molecule has 0 aromatic heterocycles. The Morgan fingerprint density at radius 2 is 1.31 bits per heavy atom. The first kappa shape index (κ1) is 7.21. The van der Waals surface area contributed by atoms with Crippen molar-refractivity contribution in [3.63, 3.8) is 0 Å². The summed E-state index contributed by atoms with van der Waals surface area (Å²) in [6.07, 6.45) is 7.55. The van der Waals surface area contributed by atoms with E-state index in [0.717, 1.165) is 0 Å². The molecule has 0 radical (unpaired) electrons. The minimum Gasteiger partial charge on any atom is -0.369 e. The van der Waals surface area contributed by atoms with Crippen LogP contribution >= 0.6 is 0 Å². The summed E-state index contributed by atoms with van der Waals surface area (Å²) < 4.78 is 16.9. The van der Waals surface area contributed by atoms with E-state index < -0.39 is 0 Å². The Labute approximate surface area is 77.3 Å². The van der Waals surface area contributed by atoms with E-state index in [1.165, 1.54) is 25.7 Å². The third kappa shape index (κ3) is 1.01. The van der Waals surface area contributed by atoms with E-state index in [2.05, 4.69) is 0 Å². The van der Waals surface area contributed by atoms with Crippen LogP contribution in [0.4, 0.5) is 0 Å². The van der Waals surface area contributed by atoms with Gasteiger partial charge >= 0.3 is 0 Å². The van der Waals surface area contributed by atoms with Crippen LogP contribution in [0.15, 0.2) is 0 Å². The molecule has 4 aliphatic rings. The van der Waals surface area contributed by atoms with Crippen molar-refractivity contribution in [1.82, 2.24) is 0 Å². The molecule has 2 aliphatic carbocycles. The second kappa shape index (κ2) is 2.27. The molecule has 0 N–H and O–H groups in total. The standard InChI is InChI=1S/C10H14O3/c1-3-7-9(12-7)5(1)11-6-2-4-8-10(6)13-8/h5-10H,1-4H2/t5-,6-,7-,8+,9-,10-/m1/s1. The molecule has 13 heavy (non-hydrogen) atoms. The van der Waals surface area contributed by atoms with Crippen LogP contribution < -0.4 is 0 Å². The Bertz CT molecular complexity index is 218. The number of hydrogen-bond acceptors (Lipinski definition) is 3. The predicted molar refractivity (Wildman–Crippen MR) is 44.5 cm³/mol. The van der Waals surface area contributed by atoms with Gasteiger partial charge in [0.25, 0.3) is 0 Å². The van der Waals surface area contributed by atoms with E-state index in [-0.39, 0.29) is 0 Å². The van der Waals surface area contributed by atoms with E-state index in [1.807, 2.05) is 0 Å². The fourth-order valence-electron chi connectivity index (χ4n) is 2.93. The lowest BCUT2D eigenvalue weighted by molar-refractivity contribution is -0.0432. The molecule has 2 saturated heterocycles. The molecule has 0 bridgehead atoms. The molecule has 0 spiro atoms. The number of fused-ring (bicyclic) bond motifs is 2. The molecule has 6 atom stereocenters. The summed E-state index contributed by atoms with van der Waals surface area (Å²) in [6.45, 7) is 0. The summed E-state index contributed by atoms with van der Waals surface area (Å²) in [6, 6.07) is 0. The maximum absolute atomic E-state index is 6.03. The first-order chi connectivity index (χ1) is 6.42. The van der Waals surface area contributed by atoms with Crippen molar-refractivity contribution in [2.75, 3.05) is 0 Å². The van der Waals surface area contributed by atoms with E-state index in [1.54, 1.807) is 0 Å². The SMILES string of the molecule is C1C[C@@H](O[C@@H]2CC[C@H]3O[C@@H]32)[C@H]2O[C@@H]12. The van der Waals surface area contributed by atoms with Gasteiger partial charge in [-0.25, -0.2) is 0 Å². The Kier molecular flexibility index (Phi) is 1.26. The van der Waals surface area contributed by atoms with E-state index >= 15 is 0 Å². The van der Waals surface area contributed by atoms with Gasteiger partial charge in [-0.1, -0.05) is 0 Å². The van der Waals surface area contributed by atoms with Crippen LogP contribution in [0, 0.1) is 0 Å². The number of hydrogen-bond donors (Lipinski definition) is 0. The minimum atomic E-state index is 0.387. The van der Waals surface area contributed by atoms with Gasteiger partial charge in [-0.3, -0.25) is 0 Å². The van der Waals surface area contributed by atoms with Crippen molar-refractivity contribution in [1.29, 1.82) is 0 Å². The van der Waals surface area contributed by atoms with Crippen LogP contribution in [0.2, 0.25) is 0 Å². The number of rotatable bonds is 2. The van der Waals surface area contributed by atoms with Crippen LogP contribution in [0.25, 0.3) is 0 Å². The summed E-state index contributed by atoms with van der Waals surface area (Å²) in [5.74, 6) is 0. The van der Waals surface area contributed by atoms with Gasteiger partial charge in [-0.2, -0.15) is 0 Å². The van der Waals surface area contributed by atoms with Crippen molar-refractivity contribution >= 4 is 0 Å². The molecular weight excluding hydrogens is 168 g/mol. The first-order valence-corrected chi connectivity index (χ1v) is 5.38. The molecule has 2 heterocycles. The molecule has 0 amide bonds. The van der Waals surface area contributed by atoms with Crippen LogP contribution in [0.3, 0.4) is 0 Å². The lowest BCUT2D eigenvalue weighted by Gasteiger charge is -2.18. The summed E-state index contributed by atoms with van der Waals surface area (Å²) in [4.78, 5) is 0. The van der Waals surface area contributed by atoms with E-state index in [4.69, 9.17) is 14.2 Å². The summed E-state index contributed by atoms with van der Waals surface area (Å²) in [5, 5.41) is 0. The van der Waals surface area contributed by atoms with Gasteiger partial charge in [0, 0.05) is 0 Å². The highest BCUT2D eigenvalue weighted by molar-refractivity contribution is 5.03. The molecule has 0 unspecified atom stereocenters. The third-order valence-corrected chi connectivity index (χ3v) is 3.80. The topological polar surface area (TPSA) is 34.3 Å². The zero-order chi connectivity index (χ0) is 8.41. The van der Waals surface area contributed by atoms with Gasteiger partial charge in [0.15, 0.2) is 0 Å². The van der Waals surface area contributed by atoms with Crippen molar-refractivity contribution < 1.29 is 14.2 Å². The monoisotopic (exact) mass is 182 g/mol. The van der Waals surface area contributed by atoms with Gasteiger partial charge in [0.1, 0.15) is 12.2 Å². The van der Waals surface area contributed by atoms with E-state index in [9.17, 15) is 0 Å². The van der Waals surface area contributed by atoms with Gasteiger partial charge < -0.3 is 14.2 Å². The normalized spacial score (nSPS) is 61.8. The molecule has 2 saturated carbocycles. The highest BCUT2D eigenvalue weighted by Gasteiger charge is 2.56. The van der Waals surface area contributed by atoms with Crippen molar-refractivity contribution in [3.05, 3.63) is 0 Å². The second-order valence-electron chi connectivity index (χ2n) is 4.65. The van der Waals surface area contributed by atoms with Crippen LogP contribution in [-0.4, -0.2) is 36.6 Å². The second-order valence-corrected chi connectivity index (χ2v) is 4.65. The number of epoxide rings is 2. The van der Waals surface area contributed by atoms with E-state index in [0.29, 0.717) is 36.6 Å². The van der Waals surface area contributed by atoms with Gasteiger partial charge in [-0.05, 0) is 25.7 Å². The van der Waals surface area contributed by atoms with Crippen LogP contribution in [-0.2, 0) is 14.2 Å². The zero-order valence-corrected chi connectivity index (χ0v) is 7.52. The lowest BCUT2D eigenvalue weighted by Crippen LogP contribution is -2.26. The van der Waals surface area contributed by atoms with Crippen LogP contribution in [0.1, 0.15) is 25.7 Å². The highest BCUT2D eigenvalue weighted by atomic mass is 16.7. The van der Waals surface area contributed by atoms with Crippen molar-refractivity contribution in [2.24, 2.45) is 0 Å². The highest BCUT2D eigenvalue weighted by Crippen LogP contribution is 2.45. The van der Waals surface area contributed by atoms with Crippen LogP contribution in [0.5, 0.6) is 0 Å². The average Bonchev–Trinajstić information content (AvgIpc) is 3.03. The van der Waals surface area contributed by atoms with Crippen molar-refractivity contribution in [2.45, 2.75) is 62.3 Å². The number of ether oxygens (including phenoxy) is 3. The Balaban J connectivity index is 1.41. The zero-order valence-electron chi connectivity index (χ0n) is 7.52. The molecule has 72 valence electrons. The molecule has 4 rings (SSSR count). The molecule has 4 fully saturated rings. The smallest absolute Gasteiger partial charge is 0.110 e. The van der Waals surface area contributed by atoms with Gasteiger partial charge in [-0.15, -0.1) is 0 Å². The van der Waals surface area contributed by atoms with Crippen molar-refractivity contribution in [3.8, 4) is 0 Å². The molecular formula is C10H14O3. The quantitative estimate of drug-likeness (QED) is 0.594. The Morgan fingerprint density at radius 1 is 0.769 bits per heavy atom. The maximum Gasteiger partial charge on any atom is 0.110 e. The Hall–Kier alpha value is -0.120. The van der Waals surface area contributed by atoms with Gasteiger partial charge in [0.05, 0.1) is 24.4 Å². The molecule has 2 aliphatic heterocycles. The Morgan fingerprint density at radius 3 is 1.62 bits per heavy atom. The average molecular weight is 182 g/mol. The maximum atomic E-state index is 6.03. The molecule has 3 heteroatoms. The molecule has 0 aromatic carbocycles. The fraction of sp³-hybridized carbons (Fsp3) is 1.00. The summed E-state index contributed by atoms with van der Waals surface area (Å²) in [5.41, 5.74) is 0. The first-order valence-electron chi connectivity index (χ1n) is 5.38. The lowest BCUT2D eigenvalue weighted by atomic mass is 10.2. The fourth-order valence-corrected chi connectivity index (χ4v) is 2.93. The predicted octanol–water partition coefficient (Wildman–Crippen LogP) is 0.863. The largest absolute Gasteiger partial charge is 0.369 e. The third-order valence-electron chi connectivity index (χ3n) is 3.80. The van der Waals surface area contributed by atoms with Gasteiger partial charge in [0.2, 0.25) is 0 Å². The summed E-state index contributed by atoms with van der Waals surface area (Å²) in [7, 11) is 0. The minimum absolute atomic E-state index is 0.387. The molecule has 0 aromatic rings. The summed E-state index contributed by atoms with van der Waals surface area (Å²) >= 11 is 0.